The Labute approximate surface area is 81.8 Å². The van der Waals surface area contributed by atoms with Gasteiger partial charge in [-0.15, -0.1) is 11.3 Å². The van der Waals surface area contributed by atoms with E-state index in [4.69, 9.17) is 5.73 Å². The van der Waals surface area contributed by atoms with Crippen molar-refractivity contribution in [2.24, 2.45) is 0 Å². The van der Waals surface area contributed by atoms with E-state index in [1.165, 1.54) is 16.0 Å². The van der Waals surface area contributed by atoms with Crippen LogP contribution in [0.5, 0.6) is 0 Å². The average molecular weight is 189 g/mol. The maximum absolute atomic E-state index is 5.85. The highest BCUT2D eigenvalue weighted by atomic mass is 32.1. The van der Waals surface area contributed by atoms with Crippen molar-refractivity contribution in [2.75, 3.05) is 5.73 Å². The molecular formula is C11H11NS. The summed E-state index contributed by atoms with van der Waals surface area (Å²) >= 11 is 1.69. The lowest BCUT2D eigenvalue weighted by Crippen LogP contribution is -1.85. The minimum absolute atomic E-state index is 0.874. The number of nitrogen functional groups attached to an aromatic ring is 1. The Morgan fingerprint density at radius 3 is 2.54 bits per heavy atom. The maximum atomic E-state index is 5.85. The number of benzene rings is 1. The molecular weight excluding hydrogens is 178 g/mol. The molecule has 1 aromatic carbocycles. The molecule has 0 saturated heterocycles. The highest BCUT2D eigenvalue weighted by Gasteiger charge is 2.05. The molecule has 0 unspecified atom stereocenters. The third-order valence-electron chi connectivity index (χ3n) is 2.09. The summed E-state index contributed by atoms with van der Waals surface area (Å²) in [7, 11) is 0. The molecule has 2 heteroatoms. The van der Waals surface area contributed by atoms with Gasteiger partial charge in [-0.2, -0.15) is 0 Å². The molecule has 0 amide bonds. The van der Waals surface area contributed by atoms with Crippen molar-refractivity contribution in [3.05, 3.63) is 41.3 Å². The molecule has 0 bridgehead atoms. The summed E-state index contributed by atoms with van der Waals surface area (Å²) in [6, 6.07) is 10.3. The van der Waals surface area contributed by atoms with Crippen molar-refractivity contribution in [1.29, 1.82) is 0 Å². The van der Waals surface area contributed by atoms with E-state index >= 15 is 0 Å². The fourth-order valence-electron chi connectivity index (χ4n) is 1.37. The second-order valence-electron chi connectivity index (χ2n) is 3.02. The van der Waals surface area contributed by atoms with E-state index in [0.29, 0.717) is 0 Å². The third kappa shape index (κ3) is 1.45. The fraction of sp³-hybridized carbons (Fsp3) is 0.0909. The van der Waals surface area contributed by atoms with Crippen molar-refractivity contribution in [3.8, 4) is 10.4 Å². The van der Waals surface area contributed by atoms with Crippen LogP contribution < -0.4 is 5.73 Å². The second-order valence-corrected chi connectivity index (χ2v) is 3.94. The summed E-state index contributed by atoms with van der Waals surface area (Å²) in [5.41, 5.74) is 9.25. The number of anilines is 1. The summed E-state index contributed by atoms with van der Waals surface area (Å²) in [4.78, 5) is 1.18. The van der Waals surface area contributed by atoms with Gasteiger partial charge < -0.3 is 5.73 Å². The summed E-state index contributed by atoms with van der Waals surface area (Å²) in [6.07, 6.45) is 0. The fourth-order valence-corrected chi connectivity index (χ4v) is 2.28. The zero-order chi connectivity index (χ0) is 9.26. The van der Waals surface area contributed by atoms with Crippen LogP contribution in [0.4, 0.5) is 5.69 Å². The lowest BCUT2D eigenvalue weighted by Gasteiger charge is -2.03. The van der Waals surface area contributed by atoms with Crippen LogP contribution in [0.25, 0.3) is 10.4 Å². The maximum Gasteiger partial charge on any atom is 0.0574 e. The van der Waals surface area contributed by atoms with E-state index in [-0.39, 0.29) is 0 Å². The molecule has 66 valence electrons. The first-order valence-electron chi connectivity index (χ1n) is 4.18. The average Bonchev–Trinajstić information content (AvgIpc) is 2.52. The summed E-state index contributed by atoms with van der Waals surface area (Å²) < 4.78 is 0. The van der Waals surface area contributed by atoms with Crippen LogP contribution >= 0.6 is 11.3 Å². The van der Waals surface area contributed by atoms with Crippen LogP contribution in [-0.2, 0) is 0 Å². The van der Waals surface area contributed by atoms with Gasteiger partial charge in [0.05, 0.1) is 10.6 Å². The van der Waals surface area contributed by atoms with Crippen molar-refractivity contribution >= 4 is 17.0 Å². The molecule has 1 nitrogen and oxygen atoms in total. The number of hydrogen-bond acceptors (Lipinski definition) is 2. The molecule has 0 aliphatic heterocycles. The van der Waals surface area contributed by atoms with Gasteiger partial charge in [0, 0.05) is 0 Å². The van der Waals surface area contributed by atoms with E-state index in [1.807, 2.05) is 23.6 Å². The monoisotopic (exact) mass is 189 g/mol. The SMILES string of the molecule is Cc1ccccc1-c1sccc1N. The van der Waals surface area contributed by atoms with E-state index in [0.717, 1.165) is 5.69 Å². The molecule has 0 radical (unpaired) electrons. The van der Waals surface area contributed by atoms with Gasteiger partial charge >= 0.3 is 0 Å². The van der Waals surface area contributed by atoms with Crippen molar-refractivity contribution in [2.45, 2.75) is 6.92 Å². The van der Waals surface area contributed by atoms with Gasteiger partial charge in [0.25, 0.3) is 0 Å². The minimum Gasteiger partial charge on any atom is -0.398 e. The first-order chi connectivity index (χ1) is 6.29. The van der Waals surface area contributed by atoms with Gasteiger partial charge in [-0.25, -0.2) is 0 Å². The van der Waals surface area contributed by atoms with E-state index in [2.05, 4.69) is 19.1 Å². The number of hydrogen-bond donors (Lipinski definition) is 1. The number of rotatable bonds is 1. The Morgan fingerprint density at radius 2 is 1.92 bits per heavy atom. The standard InChI is InChI=1S/C11H11NS/c1-8-4-2-3-5-9(8)11-10(12)6-7-13-11/h2-7H,12H2,1H3. The highest BCUT2D eigenvalue weighted by Crippen LogP contribution is 2.33. The molecule has 1 heterocycles. The summed E-state index contributed by atoms with van der Waals surface area (Å²) in [5, 5.41) is 2.02. The normalized spacial score (nSPS) is 10.2. The van der Waals surface area contributed by atoms with Crippen LogP contribution in [0.1, 0.15) is 5.56 Å². The summed E-state index contributed by atoms with van der Waals surface area (Å²) in [5.74, 6) is 0. The number of thiophene rings is 1. The first-order valence-corrected chi connectivity index (χ1v) is 5.06. The smallest absolute Gasteiger partial charge is 0.0574 e. The molecule has 0 fully saturated rings. The Hall–Kier alpha value is -1.28. The number of nitrogens with two attached hydrogens (primary N) is 1. The predicted molar refractivity (Wildman–Crippen MR) is 58.9 cm³/mol. The highest BCUT2D eigenvalue weighted by molar-refractivity contribution is 7.14. The predicted octanol–water partition coefficient (Wildman–Crippen LogP) is 3.31. The molecule has 0 aliphatic carbocycles. The minimum atomic E-state index is 0.874. The van der Waals surface area contributed by atoms with Gasteiger partial charge in [-0.1, -0.05) is 24.3 Å². The Kier molecular flexibility index (Phi) is 2.07. The Bertz CT molecular complexity index is 418. The van der Waals surface area contributed by atoms with Gasteiger partial charge in [0.15, 0.2) is 0 Å². The third-order valence-corrected chi connectivity index (χ3v) is 3.05. The molecule has 2 aromatic rings. The van der Waals surface area contributed by atoms with Gasteiger partial charge in [0.1, 0.15) is 0 Å². The van der Waals surface area contributed by atoms with Crippen molar-refractivity contribution in [3.63, 3.8) is 0 Å². The van der Waals surface area contributed by atoms with Crippen LogP contribution in [0, 0.1) is 6.92 Å². The second kappa shape index (κ2) is 3.23. The van der Waals surface area contributed by atoms with Gasteiger partial charge in [-0.3, -0.25) is 0 Å². The van der Waals surface area contributed by atoms with Gasteiger partial charge in [0.2, 0.25) is 0 Å². The van der Waals surface area contributed by atoms with Crippen LogP contribution in [0.3, 0.4) is 0 Å². The first kappa shape index (κ1) is 8.32. The Morgan fingerprint density at radius 1 is 1.15 bits per heavy atom. The van der Waals surface area contributed by atoms with E-state index in [1.54, 1.807) is 11.3 Å². The van der Waals surface area contributed by atoms with Crippen LogP contribution in [0.15, 0.2) is 35.7 Å². The Balaban J connectivity index is 2.59. The van der Waals surface area contributed by atoms with Crippen molar-refractivity contribution in [1.82, 2.24) is 0 Å². The largest absolute Gasteiger partial charge is 0.398 e. The molecule has 0 atom stereocenters. The molecule has 13 heavy (non-hydrogen) atoms. The van der Waals surface area contributed by atoms with Crippen LogP contribution in [-0.4, -0.2) is 0 Å². The van der Waals surface area contributed by atoms with E-state index in [9.17, 15) is 0 Å². The van der Waals surface area contributed by atoms with Crippen LogP contribution in [0.2, 0.25) is 0 Å². The van der Waals surface area contributed by atoms with Crippen molar-refractivity contribution < 1.29 is 0 Å². The molecule has 2 rings (SSSR count). The molecule has 0 saturated carbocycles. The lowest BCUT2D eigenvalue weighted by atomic mass is 10.1. The van der Waals surface area contributed by atoms with Gasteiger partial charge in [-0.05, 0) is 29.5 Å². The zero-order valence-electron chi connectivity index (χ0n) is 7.45. The summed E-state index contributed by atoms with van der Waals surface area (Å²) in [6.45, 7) is 2.11. The zero-order valence-corrected chi connectivity index (χ0v) is 8.27. The quantitative estimate of drug-likeness (QED) is 0.731. The molecule has 0 spiro atoms. The molecule has 1 aromatic heterocycles. The lowest BCUT2D eigenvalue weighted by molar-refractivity contribution is 1.48. The number of aryl methyl sites for hydroxylation is 1. The molecule has 0 aliphatic rings. The topological polar surface area (TPSA) is 26.0 Å². The molecule has 2 N–H and O–H groups in total. The van der Waals surface area contributed by atoms with E-state index < -0.39 is 0 Å².